The quantitative estimate of drug-likeness (QED) is 0.427. The van der Waals surface area contributed by atoms with E-state index in [9.17, 15) is 9.59 Å². The van der Waals surface area contributed by atoms with Gasteiger partial charge in [-0.05, 0) is 24.3 Å². The van der Waals surface area contributed by atoms with Crippen LogP contribution >= 0.6 is 15.9 Å². The lowest BCUT2D eigenvalue weighted by atomic mass is 10.1. The first-order valence-electron chi connectivity index (χ1n) is 10.9. The average Bonchev–Trinajstić information content (AvgIpc) is 2.88. The number of hydrogen-bond acceptors (Lipinski definition) is 6. The van der Waals surface area contributed by atoms with E-state index in [1.54, 1.807) is 12.1 Å². The van der Waals surface area contributed by atoms with Crippen molar-refractivity contribution in [2.45, 2.75) is 32.3 Å². The number of hydrogen-bond donors (Lipinski definition) is 0. The molecule has 8 heteroatoms. The summed E-state index contributed by atoms with van der Waals surface area (Å²) in [7, 11) is 0. The molecular formula is C26H21BrN2O5. The largest absolute Gasteiger partial charge is 0.460 e. The van der Waals surface area contributed by atoms with Gasteiger partial charge in [-0.25, -0.2) is 9.80 Å². The van der Waals surface area contributed by atoms with E-state index in [1.165, 1.54) is 5.01 Å². The Kier molecular flexibility index (Phi) is 6.42. The number of hydrazone groups is 1. The number of fused-ring (bicyclic) bond motifs is 1. The van der Waals surface area contributed by atoms with Crippen molar-refractivity contribution < 1.29 is 23.8 Å². The first-order chi connectivity index (χ1) is 16.6. The molecule has 2 aliphatic rings. The number of rotatable bonds is 5. The zero-order valence-electron chi connectivity index (χ0n) is 18.1. The highest BCUT2D eigenvalue weighted by molar-refractivity contribution is 9.10. The van der Waals surface area contributed by atoms with Crippen LogP contribution in [0.25, 0.3) is 0 Å². The molecule has 0 fully saturated rings. The first-order valence-corrected chi connectivity index (χ1v) is 11.6. The van der Waals surface area contributed by atoms with Gasteiger partial charge in [-0.1, -0.05) is 64.5 Å². The summed E-state index contributed by atoms with van der Waals surface area (Å²) in [5, 5.41) is 5.52. The van der Waals surface area contributed by atoms with Crippen LogP contribution in [-0.2, 0) is 32.3 Å². The second-order valence-electron chi connectivity index (χ2n) is 7.89. The van der Waals surface area contributed by atoms with Crippen LogP contribution in [0.4, 0.5) is 5.69 Å². The zero-order valence-corrected chi connectivity index (χ0v) is 19.7. The topological polar surface area (TPSA) is 77.4 Å². The van der Waals surface area contributed by atoms with E-state index in [-0.39, 0.29) is 31.1 Å². The molecule has 0 bridgehead atoms. The van der Waals surface area contributed by atoms with Gasteiger partial charge in [0, 0.05) is 34.0 Å². The second-order valence-corrected chi connectivity index (χ2v) is 8.80. The van der Waals surface area contributed by atoms with E-state index in [1.807, 2.05) is 60.7 Å². The summed E-state index contributed by atoms with van der Waals surface area (Å²) >= 11 is 3.51. The molecule has 2 aliphatic heterocycles. The summed E-state index contributed by atoms with van der Waals surface area (Å²) in [6.07, 6.45) is -0.121. The molecule has 0 unspecified atom stereocenters. The molecule has 3 aromatic rings. The summed E-state index contributed by atoms with van der Waals surface area (Å²) in [5.74, 6) is -0.0826. The highest BCUT2D eigenvalue weighted by Gasteiger charge is 2.28. The second kappa shape index (κ2) is 9.79. The Hall–Kier alpha value is -3.49. The minimum Gasteiger partial charge on any atom is -0.460 e. The molecule has 3 aromatic carbocycles. The Morgan fingerprint density at radius 2 is 1.79 bits per heavy atom. The number of amides is 1. The summed E-state index contributed by atoms with van der Waals surface area (Å²) in [4.78, 5) is 25.1. The number of anilines is 1. The molecule has 0 saturated carbocycles. The number of carbonyl (C=O) groups is 2. The van der Waals surface area contributed by atoms with Crippen molar-refractivity contribution in [2.75, 3.05) is 5.01 Å². The van der Waals surface area contributed by atoms with Gasteiger partial charge in [0.15, 0.2) is 0 Å². The van der Waals surface area contributed by atoms with E-state index in [0.717, 1.165) is 15.6 Å². The monoisotopic (exact) mass is 520 g/mol. The van der Waals surface area contributed by atoms with E-state index in [4.69, 9.17) is 14.2 Å². The van der Waals surface area contributed by atoms with E-state index in [0.29, 0.717) is 23.6 Å². The van der Waals surface area contributed by atoms with E-state index >= 15 is 0 Å². The lowest BCUT2D eigenvalue weighted by Crippen LogP contribution is -2.34. The predicted molar refractivity (Wildman–Crippen MR) is 129 cm³/mol. The summed E-state index contributed by atoms with van der Waals surface area (Å²) in [5.41, 5.74) is 3.30. The van der Waals surface area contributed by atoms with Crippen molar-refractivity contribution in [2.24, 2.45) is 5.10 Å². The maximum absolute atomic E-state index is 12.8. The van der Waals surface area contributed by atoms with Gasteiger partial charge in [0.2, 0.25) is 12.2 Å². The fourth-order valence-corrected chi connectivity index (χ4v) is 4.41. The summed E-state index contributed by atoms with van der Waals surface area (Å²) in [6.45, 7) is 0.372. The van der Waals surface area contributed by atoms with Gasteiger partial charge in [-0.2, -0.15) is 5.10 Å². The molecule has 0 aliphatic carbocycles. The third kappa shape index (κ3) is 4.73. The fourth-order valence-electron chi connectivity index (χ4n) is 3.86. The van der Waals surface area contributed by atoms with Crippen LogP contribution in [0.5, 0.6) is 5.75 Å². The molecule has 1 amide bonds. The maximum atomic E-state index is 12.8. The first kappa shape index (κ1) is 22.3. The molecule has 0 radical (unpaired) electrons. The van der Waals surface area contributed by atoms with Crippen LogP contribution in [0.15, 0.2) is 82.4 Å². The van der Waals surface area contributed by atoms with Crippen LogP contribution in [-0.4, -0.2) is 17.6 Å². The number of para-hydroxylation sites is 1. The Labute approximate surface area is 205 Å². The number of nitrogens with zero attached hydrogens (tertiary/aromatic N) is 2. The minimum absolute atomic E-state index is 0.000416. The molecule has 0 saturated heterocycles. The van der Waals surface area contributed by atoms with Crippen LogP contribution in [0.2, 0.25) is 0 Å². The van der Waals surface area contributed by atoms with Crippen LogP contribution < -0.4 is 9.75 Å². The minimum atomic E-state index is -0.561. The lowest BCUT2D eigenvalue weighted by Gasteiger charge is -2.28. The number of carbonyl (C=O) groups excluding carboxylic acids is 2. The lowest BCUT2D eigenvalue weighted by molar-refractivity contribution is -0.137. The third-order valence-corrected chi connectivity index (χ3v) is 5.98. The van der Waals surface area contributed by atoms with Crippen LogP contribution in [0, 0.1) is 0 Å². The third-order valence-electron chi connectivity index (χ3n) is 5.52. The van der Waals surface area contributed by atoms with Crippen molar-refractivity contribution in [1.29, 1.82) is 0 Å². The van der Waals surface area contributed by atoms with Crippen LogP contribution in [0.3, 0.4) is 0 Å². The molecular weight excluding hydrogens is 500 g/mol. The van der Waals surface area contributed by atoms with Crippen molar-refractivity contribution >= 4 is 39.2 Å². The van der Waals surface area contributed by atoms with Gasteiger partial charge >= 0.3 is 5.97 Å². The molecule has 172 valence electrons. The van der Waals surface area contributed by atoms with Gasteiger partial charge in [-0.3, -0.25) is 4.79 Å². The SMILES string of the molecule is O=C(OCc1cc(Br)cc2c1O[C@@H](c1ccccc1)OC2)C1=NN(c2ccccc2)C(=O)CC1. The molecule has 0 spiro atoms. The van der Waals surface area contributed by atoms with Crippen molar-refractivity contribution in [3.63, 3.8) is 0 Å². The maximum Gasteiger partial charge on any atom is 0.354 e. The van der Waals surface area contributed by atoms with E-state index in [2.05, 4.69) is 21.0 Å². The smallest absolute Gasteiger partial charge is 0.354 e. The average molecular weight is 521 g/mol. The molecule has 1 atom stereocenters. The molecule has 0 N–H and O–H groups in total. The molecule has 2 heterocycles. The Balaban J connectivity index is 1.33. The number of ether oxygens (including phenoxy) is 3. The zero-order chi connectivity index (χ0) is 23.5. The van der Waals surface area contributed by atoms with Gasteiger partial charge in [0.25, 0.3) is 0 Å². The molecule has 7 nitrogen and oxygen atoms in total. The fraction of sp³-hybridized carbons (Fsp3) is 0.192. The van der Waals surface area contributed by atoms with Gasteiger partial charge < -0.3 is 14.2 Å². The molecule has 5 rings (SSSR count). The normalized spacial score (nSPS) is 17.4. The number of benzene rings is 3. The standard InChI is InChI=1S/C26H21BrN2O5/c27-20-13-18(24-19(14-20)16-33-26(34-24)17-7-3-1-4-8-17)15-32-25(31)22-11-12-23(30)29(28-22)21-9-5-2-6-10-21/h1-10,13-14,26H,11-12,15-16H2/t26-/m0/s1. The molecule has 34 heavy (non-hydrogen) atoms. The Bertz CT molecular complexity index is 1250. The summed E-state index contributed by atoms with van der Waals surface area (Å²) < 4.78 is 18.5. The highest BCUT2D eigenvalue weighted by Crippen LogP contribution is 2.38. The Morgan fingerprint density at radius 1 is 1.06 bits per heavy atom. The Morgan fingerprint density at radius 3 is 2.56 bits per heavy atom. The molecule has 0 aromatic heterocycles. The van der Waals surface area contributed by atoms with E-state index < -0.39 is 12.3 Å². The highest BCUT2D eigenvalue weighted by atomic mass is 79.9. The van der Waals surface area contributed by atoms with Gasteiger partial charge in [0.05, 0.1) is 12.3 Å². The van der Waals surface area contributed by atoms with Crippen LogP contribution in [0.1, 0.15) is 35.8 Å². The van der Waals surface area contributed by atoms with Crippen molar-refractivity contribution in [3.05, 3.63) is 94.0 Å². The number of esters is 1. The summed E-state index contributed by atoms with van der Waals surface area (Å²) in [6, 6.07) is 22.5. The predicted octanol–water partition coefficient (Wildman–Crippen LogP) is 5.28. The van der Waals surface area contributed by atoms with Gasteiger partial charge in [0.1, 0.15) is 18.1 Å². The van der Waals surface area contributed by atoms with Crippen molar-refractivity contribution in [3.8, 4) is 5.75 Å². The van der Waals surface area contributed by atoms with Crippen molar-refractivity contribution in [1.82, 2.24) is 0 Å². The van der Waals surface area contributed by atoms with Gasteiger partial charge in [-0.15, -0.1) is 0 Å². The number of halogens is 1.